The molecule has 0 spiro atoms. The van der Waals surface area contributed by atoms with Gasteiger partial charge >= 0.3 is 0 Å². The first-order chi connectivity index (χ1) is 10.1. The molecule has 0 amide bonds. The molecule has 1 aromatic heterocycles. The van der Waals surface area contributed by atoms with Crippen LogP contribution in [0.25, 0.3) is 0 Å². The summed E-state index contributed by atoms with van der Waals surface area (Å²) in [5, 5.41) is 0. The predicted molar refractivity (Wildman–Crippen MR) is 86.7 cm³/mol. The van der Waals surface area contributed by atoms with E-state index < -0.39 is 0 Å². The van der Waals surface area contributed by atoms with Crippen molar-refractivity contribution < 1.29 is 0 Å². The van der Waals surface area contributed by atoms with Crippen LogP contribution in [0.3, 0.4) is 0 Å². The molecule has 0 aromatic carbocycles. The molecule has 1 aliphatic rings. The molecule has 2 N–H and O–H groups in total. The van der Waals surface area contributed by atoms with Crippen LogP contribution >= 0.6 is 0 Å². The molecule has 0 saturated carbocycles. The molecule has 0 aliphatic carbocycles. The number of nitrogen functional groups attached to an aromatic ring is 1. The van der Waals surface area contributed by atoms with Gasteiger partial charge in [-0.05, 0) is 46.8 Å². The van der Waals surface area contributed by atoms with Crippen molar-refractivity contribution >= 4 is 17.8 Å². The fourth-order valence-electron chi connectivity index (χ4n) is 2.55. The number of hydrogen-bond donors (Lipinski definition) is 1. The number of anilines is 3. The second kappa shape index (κ2) is 7.40. The van der Waals surface area contributed by atoms with Gasteiger partial charge < -0.3 is 20.4 Å². The maximum atomic E-state index is 5.87. The van der Waals surface area contributed by atoms with Gasteiger partial charge in [0.1, 0.15) is 0 Å². The van der Waals surface area contributed by atoms with Gasteiger partial charge in [-0.1, -0.05) is 0 Å². The predicted octanol–water partition coefficient (Wildman–Crippen LogP) is 0.832. The van der Waals surface area contributed by atoms with Crippen LogP contribution in [-0.2, 0) is 0 Å². The number of hydrogen-bond acceptors (Lipinski definition) is 7. The zero-order valence-electron chi connectivity index (χ0n) is 13.4. The number of aromatic nitrogens is 3. The topological polar surface area (TPSA) is 74.4 Å². The smallest absolute Gasteiger partial charge is 0.231 e. The van der Waals surface area contributed by atoms with E-state index in [2.05, 4.69) is 50.7 Å². The maximum Gasteiger partial charge on any atom is 0.231 e. The fraction of sp³-hybridized carbons (Fsp3) is 0.786. The molecule has 118 valence electrons. The first kappa shape index (κ1) is 15.8. The first-order valence-electron chi connectivity index (χ1n) is 7.76. The number of rotatable bonds is 7. The molecule has 0 atom stereocenters. The monoisotopic (exact) mass is 293 g/mol. The van der Waals surface area contributed by atoms with E-state index in [1.54, 1.807) is 0 Å². The molecule has 21 heavy (non-hydrogen) atoms. The Bertz CT molecular complexity index is 443. The van der Waals surface area contributed by atoms with Crippen LogP contribution in [0.1, 0.15) is 26.2 Å². The Morgan fingerprint density at radius 1 is 1.10 bits per heavy atom. The van der Waals surface area contributed by atoms with E-state index in [9.17, 15) is 0 Å². The third-order valence-electron chi connectivity index (χ3n) is 3.72. The van der Waals surface area contributed by atoms with Crippen molar-refractivity contribution in [1.29, 1.82) is 0 Å². The molecule has 1 aliphatic heterocycles. The van der Waals surface area contributed by atoms with Crippen molar-refractivity contribution in [3.8, 4) is 0 Å². The molecule has 7 heteroatoms. The Labute approximate surface area is 127 Å². The molecule has 2 heterocycles. The largest absolute Gasteiger partial charge is 0.368 e. The van der Waals surface area contributed by atoms with E-state index in [0.29, 0.717) is 11.9 Å². The van der Waals surface area contributed by atoms with E-state index in [0.717, 1.165) is 45.1 Å². The van der Waals surface area contributed by atoms with Crippen LogP contribution in [0, 0.1) is 0 Å². The highest BCUT2D eigenvalue weighted by atomic mass is 15.4. The number of nitrogens with two attached hydrogens (primary N) is 1. The lowest BCUT2D eigenvalue weighted by Crippen LogP contribution is -2.30. The van der Waals surface area contributed by atoms with E-state index in [1.807, 2.05) is 0 Å². The lowest BCUT2D eigenvalue weighted by Gasteiger charge is -2.23. The first-order valence-corrected chi connectivity index (χ1v) is 7.76. The fourth-order valence-corrected chi connectivity index (χ4v) is 2.55. The van der Waals surface area contributed by atoms with E-state index in [-0.39, 0.29) is 0 Å². The summed E-state index contributed by atoms with van der Waals surface area (Å²) < 4.78 is 0. The lowest BCUT2D eigenvalue weighted by atomic mass is 10.3. The summed E-state index contributed by atoms with van der Waals surface area (Å²) in [6.07, 6.45) is 3.47. The van der Waals surface area contributed by atoms with Gasteiger partial charge in [-0.2, -0.15) is 15.0 Å². The Hall–Kier alpha value is -1.63. The van der Waals surface area contributed by atoms with Crippen molar-refractivity contribution in [2.75, 3.05) is 62.4 Å². The summed E-state index contributed by atoms with van der Waals surface area (Å²) >= 11 is 0. The average Bonchev–Trinajstić information content (AvgIpc) is 2.96. The van der Waals surface area contributed by atoms with Gasteiger partial charge in [0, 0.05) is 26.2 Å². The van der Waals surface area contributed by atoms with Crippen molar-refractivity contribution in [3.05, 3.63) is 0 Å². The minimum absolute atomic E-state index is 0.313. The molecule has 1 saturated heterocycles. The SMILES string of the molecule is CCN(CCCN(C)C)c1nc(N)nc(N2CCCC2)n1. The second-order valence-electron chi connectivity index (χ2n) is 5.72. The van der Waals surface area contributed by atoms with Gasteiger partial charge in [0.15, 0.2) is 0 Å². The van der Waals surface area contributed by atoms with Crippen LogP contribution in [0.15, 0.2) is 0 Å². The van der Waals surface area contributed by atoms with Crippen LogP contribution < -0.4 is 15.5 Å². The Morgan fingerprint density at radius 3 is 2.43 bits per heavy atom. The van der Waals surface area contributed by atoms with E-state index >= 15 is 0 Å². The summed E-state index contributed by atoms with van der Waals surface area (Å²) in [5.41, 5.74) is 5.87. The highest BCUT2D eigenvalue weighted by Gasteiger charge is 2.18. The van der Waals surface area contributed by atoms with Crippen molar-refractivity contribution in [2.24, 2.45) is 0 Å². The molecule has 2 rings (SSSR count). The van der Waals surface area contributed by atoms with E-state index in [1.165, 1.54) is 12.8 Å². The quantitative estimate of drug-likeness (QED) is 0.798. The van der Waals surface area contributed by atoms with Crippen LogP contribution in [0.4, 0.5) is 17.8 Å². The van der Waals surface area contributed by atoms with Gasteiger partial charge in [0.25, 0.3) is 0 Å². The summed E-state index contributed by atoms with van der Waals surface area (Å²) in [6, 6.07) is 0. The van der Waals surface area contributed by atoms with Gasteiger partial charge in [0.2, 0.25) is 17.8 Å². The highest BCUT2D eigenvalue weighted by molar-refractivity contribution is 5.43. The van der Waals surface area contributed by atoms with Gasteiger partial charge in [0.05, 0.1) is 0 Å². The van der Waals surface area contributed by atoms with E-state index in [4.69, 9.17) is 5.73 Å². The average molecular weight is 293 g/mol. The van der Waals surface area contributed by atoms with Crippen LogP contribution in [-0.4, -0.2) is 66.7 Å². The standard InChI is InChI=1S/C14H27N7/c1-4-20(11-7-8-19(2)3)13-16-12(15)17-14(18-13)21-9-5-6-10-21/h4-11H2,1-3H3,(H2,15,16,17,18). The third kappa shape index (κ3) is 4.42. The molecule has 0 unspecified atom stereocenters. The molecule has 0 radical (unpaired) electrons. The highest BCUT2D eigenvalue weighted by Crippen LogP contribution is 2.19. The van der Waals surface area contributed by atoms with Crippen molar-refractivity contribution in [1.82, 2.24) is 19.9 Å². The Kier molecular flexibility index (Phi) is 5.55. The van der Waals surface area contributed by atoms with Gasteiger partial charge in [-0.15, -0.1) is 0 Å². The Morgan fingerprint density at radius 2 is 1.81 bits per heavy atom. The lowest BCUT2D eigenvalue weighted by molar-refractivity contribution is 0.400. The van der Waals surface area contributed by atoms with Crippen LogP contribution in [0.5, 0.6) is 0 Å². The number of nitrogens with zero attached hydrogens (tertiary/aromatic N) is 6. The molecular formula is C14H27N7. The maximum absolute atomic E-state index is 5.87. The summed E-state index contributed by atoms with van der Waals surface area (Å²) in [7, 11) is 4.17. The minimum Gasteiger partial charge on any atom is -0.368 e. The summed E-state index contributed by atoms with van der Waals surface area (Å²) in [4.78, 5) is 19.8. The molecule has 0 bridgehead atoms. The van der Waals surface area contributed by atoms with Crippen LogP contribution in [0.2, 0.25) is 0 Å². The second-order valence-corrected chi connectivity index (χ2v) is 5.72. The van der Waals surface area contributed by atoms with Crippen molar-refractivity contribution in [2.45, 2.75) is 26.2 Å². The summed E-state index contributed by atoms with van der Waals surface area (Å²) in [6.45, 7) is 6.99. The molecule has 1 fully saturated rings. The third-order valence-corrected chi connectivity index (χ3v) is 3.72. The van der Waals surface area contributed by atoms with Gasteiger partial charge in [-0.25, -0.2) is 0 Å². The summed E-state index contributed by atoms with van der Waals surface area (Å²) in [5.74, 6) is 1.74. The minimum atomic E-state index is 0.313. The van der Waals surface area contributed by atoms with Gasteiger partial charge in [-0.3, -0.25) is 0 Å². The zero-order valence-corrected chi connectivity index (χ0v) is 13.4. The molecule has 7 nitrogen and oxygen atoms in total. The van der Waals surface area contributed by atoms with Crippen molar-refractivity contribution in [3.63, 3.8) is 0 Å². The Balaban J connectivity index is 2.08. The normalized spacial score (nSPS) is 15.0. The zero-order chi connectivity index (χ0) is 15.2. The molecular weight excluding hydrogens is 266 g/mol. The molecule has 1 aromatic rings.